The number of H-pyrrole nitrogens is 1. The van der Waals surface area contributed by atoms with Gasteiger partial charge in [0.05, 0.1) is 49.2 Å². The molecule has 2 spiro atoms. The van der Waals surface area contributed by atoms with Gasteiger partial charge in [-0.3, -0.25) is 9.59 Å². The summed E-state index contributed by atoms with van der Waals surface area (Å²) in [5.74, 6) is -4.08. The largest absolute Gasteiger partial charge is 0.492 e. The average Bonchev–Trinajstić information content (AvgIpc) is 4.14. The summed E-state index contributed by atoms with van der Waals surface area (Å²) in [6.07, 6.45) is 11.5. The van der Waals surface area contributed by atoms with Gasteiger partial charge in [0.1, 0.15) is 28.6 Å². The van der Waals surface area contributed by atoms with E-state index in [-0.39, 0.29) is 109 Å². The van der Waals surface area contributed by atoms with Gasteiger partial charge in [-0.25, -0.2) is 4.79 Å². The number of ether oxygens (including phenoxy) is 5. The Morgan fingerprint density at radius 1 is 1.05 bits per heavy atom. The van der Waals surface area contributed by atoms with E-state index in [1.807, 2.05) is 30.5 Å². The van der Waals surface area contributed by atoms with Gasteiger partial charge in [-0.2, -0.15) is 0 Å². The highest BCUT2D eigenvalue weighted by Gasteiger charge is 2.73. The van der Waals surface area contributed by atoms with Crippen LogP contribution < -0.4 is 14.2 Å². The van der Waals surface area contributed by atoms with Crippen LogP contribution in [0.5, 0.6) is 17.2 Å². The highest BCUT2D eigenvalue weighted by molar-refractivity contribution is 6.11. The fourth-order valence-corrected chi connectivity index (χ4v) is 15.7. The molecule has 0 radical (unpaired) electrons. The Hall–Kier alpha value is -4.91. The molecule has 1 saturated heterocycles. The molecule has 1 aromatic heterocycles. The molecule has 11 unspecified atom stereocenters. The summed E-state index contributed by atoms with van der Waals surface area (Å²) in [6.45, 7) is 3.05. The third kappa shape index (κ3) is 8.11. The second-order valence-electron chi connectivity index (χ2n) is 22.7. The minimum atomic E-state index is -1.59. The minimum Gasteiger partial charge on any atom is -0.492 e. The number of hydrogen-bond donors (Lipinski definition) is 7. The second kappa shape index (κ2) is 20.2. The average molecular weight is 1020 g/mol. The molecule has 4 aliphatic heterocycles. The quantitative estimate of drug-likeness (QED) is 0.0547. The Balaban J connectivity index is 1.15. The number of fused-ring (bicyclic) bond motifs is 12. The first-order chi connectivity index (χ1) is 35.9. The number of aryl methyl sites for hydroxylation is 1. The molecule has 5 heterocycles. The van der Waals surface area contributed by atoms with Crippen molar-refractivity contribution in [3.63, 3.8) is 0 Å². The lowest BCUT2D eigenvalue weighted by atomic mass is 9.42. The number of aliphatic hydroxyl groups is 6. The zero-order valence-electron chi connectivity index (χ0n) is 42.6. The molecule has 3 saturated carbocycles. The molecule has 398 valence electrons. The summed E-state index contributed by atoms with van der Waals surface area (Å²) in [6, 6.07) is 5.98. The fourth-order valence-electron chi connectivity index (χ4n) is 15.7. The maximum absolute atomic E-state index is 14.7. The molecular weight excluding hydrogens is 949 g/mol. The molecule has 11 rings (SSSR count). The van der Waals surface area contributed by atoms with Crippen molar-refractivity contribution >= 4 is 34.5 Å². The molecule has 7 N–H and O–H groups in total. The molecule has 2 bridgehead atoms. The van der Waals surface area contributed by atoms with Gasteiger partial charge < -0.3 is 64.2 Å². The molecule has 3 aromatic rings. The van der Waals surface area contributed by atoms with E-state index in [4.69, 9.17) is 23.7 Å². The summed E-state index contributed by atoms with van der Waals surface area (Å²) in [5, 5.41) is 71.5. The van der Waals surface area contributed by atoms with Crippen molar-refractivity contribution in [1.29, 1.82) is 0 Å². The van der Waals surface area contributed by atoms with Crippen LogP contribution in [0.15, 0.2) is 53.5 Å². The number of piperidine rings is 1. The van der Waals surface area contributed by atoms with Crippen LogP contribution in [0, 0.1) is 40.9 Å². The molecule has 0 amide bonds. The molecule has 74 heavy (non-hydrogen) atoms. The van der Waals surface area contributed by atoms with Gasteiger partial charge in [0.2, 0.25) is 5.76 Å². The number of benzene rings is 2. The van der Waals surface area contributed by atoms with Crippen LogP contribution in [-0.2, 0) is 43.3 Å². The van der Waals surface area contributed by atoms with E-state index in [0.29, 0.717) is 69.0 Å². The number of aldehydes is 1. The maximum atomic E-state index is 14.7. The predicted octanol–water partition coefficient (Wildman–Crippen LogP) is 5.01. The summed E-state index contributed by atoms with van der Waals surface area (Å²) in [5.41, 5.74) is 0.647. The SMILES string of the molecule is CCOC(=O)C1=C(C=O)C2=C3CC(CO)C(=O)C(C3)c3cc4cc[nH]c4cc3CCC(CO)COc3c4c(c(CO)c(c32)O1)OC1(C=CC(CCO)C2C3(CCC(O)C3)CC3CN(CCCOC)CCC3C21O)C4. The van der Waals surface area contributed by atoms with Gasteiger partial charge in [-0.05, 0) is 148 Å². The molecule has 4 fully saturated rings. The summed E-state index contributed by atoms with van der Waals surface area (Å²) in [7, 11) is 1.70. The van der Waals surface area contributed by atoms with Crippen molar-refractivity contribution in [1.82, 2.24) is 9.88 Å². The van der Waals surface area contributed by atoms with E-state index >= 15 is 0 Å². The van der Waals surface area contributed by atoms with Gasteiger partial charge in [-0.1, -0.05) is 11.6 Å². The second-order valence-corrected chi connectivity index (χ2v) is 22.7. The number of likely N-dealkylation sites (tertiary alicyclic amines) is 1. The first kappa shape index (κ1) is 51.2. The van der Waals surface area contributed by atoms with Crippen LogP contribution in [-0.4, -0.2) is 142 Å². The highest BCUT2D eigenvalue weighted by Crippen LogP contribution is 2.70. The predicted molar refractivity (Wildman–Crippen MR) is 271 cm³/mol. The van der Waals surface area contributed by atoms with E-state index in [2.05, 4.69) is 16.0 Å². The number of carbonyl (C=O) groups excluding carboxylic acids is 3. The van der Waals surface area contributed by atoms with Crippen molar-refractivity contribution < 1.29 is 68.7 Å². The third-order valence-corrected chi connectivity index (χ3v) is 18.8. The molecule has 2 aromatic carbocycles. The molecule has 11 atom stereocenters. The minimum absolute atomic E-state index is 0.00365. The maximum Gasteiger partial charge on any atom is 0.375 e. The summed E-state index contributed by atoms with van der Waals surface area (Å²) in [4.78, 5) is 48.5. The number of ketones is 1. The Morgan fingerprint density at radius 2 is 1.91 bits per heavy atom. The van der Waals surface area contributed by atoms with Crippen LogP contribution in [0.1, 0.15) is 105 Å². The zero-order chi connectivity index (χ0) is 51.7. The molecule has 16 nitrogen and oxygen atoms in total. The van der Waals surface area contributed by atoms with Gasteiger partial charge in [0.15, 0.2) is 11.9 Å². The number of aromatic nitrogens is 1. The highest BCUT2D eigenvalue weighted by atomic mass is 16.6. The first-order valence-corrected chi connectivity index (χ1v) is 27.1. The number of rotatable bonds is 12. The van der Waals surface area contributed by atoms with E-state index < -0.39 is 71.3 Å². The third-order valence-electron chi connectivity index (χ3n) is 18.8. The van der Waals surface area contributed by atoms with E-state index in [0.717, 1.165) is 54.5 Å². The van der Waals surface area contributed by atoms with Crippen molar-refractivity contribution in [3.8, 4) is 17.2 Å². The van der Waals surface area contributed by atoms with Crippen LogP contribution in [0.3, 0.4) is 0 Å². The Morgan fingerprint density at radius 3 is 2.64 bits per heavy atom. The summed E-state index contributed by atoms with van der Waals surface area (Å²) >= 11 is 0. The first-order valence-electron chi connectivity index (χ1n) is 27.1. The van der Waals surface area contributed by atoms with Gasteiger partial charge in [0.25, 0.3) is 0 Å². The standard InChI is InChI=1S/C58H72N2O14/c1-3-71-55(68)53-43(29-64)47-36-19-37(28-63)49(67)41(21-36)40-20-35-9-14-59-46(35)22-34(40)6-5-32(27-62)31-72-51-42-25-57(74-50(42)44(30-65)52(73-53)48(47)51)13-7-33(11-17-61)54-56(12-8-39(66)24-56)23-38-26-60(15-4-18-70-2)16-10-45(38)58(54,57)69/h7,9,13-14,20,22,29,32-33,37-39,41,45,54,59,61-63,65-66,69H,3-6,8,10-12,15-19,21,23-28,30-31H2,1-2H3. The number of allylic oxidation sites excluding steroid dienone is 4. The number of Topliss-reactive ketones (excluding diaryl/α,β-unsaturated/α-hetero) is 1. The number of carbonyl (C=O) groups is 3. The Labute approximate surface area is 431 Å². The summed E-state index contributed by atoms with van der Waals surface area (Å²) < 4.78 is 32.2. The normalized spacial score (nSPS) is 33.4. The smallest absolute Gasteiger partial charge is 0.375 e. The van der Waals surface area contributed by atoms with E-state index in [9.17, 15) is 45.0 Å². The molecular formula is C58H72N2O14. The lowest BCUT2D eigenvalue weighted by Crippen LogP contribution is -2.75. The van der Waals surface area contributed by atoms with Crippen LogP contribution >= 0.6 is 0 Å². The number of hydrogen-bond acceptors (Lipinski definition) is 15. The molecule has 4 aliphatic carbocycles. The number of methoxy groups -OCH3 is 1. The lowest BCUT2D eigenvalue weighted by Gasteiger charge is -2.67. The van der Waals surface area contributed by atoms with Gasteiger partial charge in [-0.15, -0.1) is 0 Å². The van der Waals surface area contributed by atoms with Crippen molar-refractivity contribution in [2.24, 2.45) is 40.9 Å². The number of nitrogens with zero attached hydrogens (tertiary/aromatic N) is 1. The van der Waals surface area contributed by atoms with Gasteiger partial charge >= 0.3 is 5.97 Å². The Bertz CT molecular complexity index is 2800. The topological polar surface area (TPSA) is 238 Å². The van der Waals surface area contributed by atoms with Gasteiger partial charge in [0, 0.05) is 93.0 Å². The number of esters is 1. The van der Waals surface area contributed by atoms with Crippen LogP contribution in [0.25, 0.3) is 16.5 Å². The zero-order valence-corrected chi connectivity index (χ0v) is 42.6. The van der Waals surface area contributed by atoms with Crippen LogP contribution in [0.4, 0.5) is 0 Å². The van der Waals surface area contributed by atoms with Crippen molar-refractivity contribution in [3.05, 3.63) is 81.3 Å². The van der Waals surface area contributed by atoms with Crippen molar-refractivity contribution in [2.75, 3.05) is 66.4 Å². The van der Waals surface area contributed by atoms with Crippen molar-refractivity contribution in [2.45, 2.75) is 114 Å². The molecule has 16 heteroatoms. The lowest BCUT2D eigenvalue weighted by molar-refractivity contribution is -0.262. The monoisotopic (exact) mass is 1020 g/mol. The van der Waals surface area contributed by atoms with E-state index in [1.54, 1.807) is 14.0 Å². The number of aliphatic hydroxyl groups excluding tert-OH is 5. The molecule has 8 aliphatic rings. The van der Waals surface area contributed by atoms with Crippen LogP contribution in [0.2, 0.25) is 0 Å². The fraction of sp³-hybridized carbons (Fsp3) is 0.603. The number of nitrogens with one attached hydrogen (secondary N) is 1. The Kier molecular flexibility index (Phi) is 14.0. The van der Waals surface area contributed by atoms with E-state index in [1.165, 1.54) is 0 Å². The number of aromatic amines is 1.